The van der Waals surface area contributed by atoms with Gasteiger partial charge in [0.1, 0.15) is 11.6 Å². The summed E-state index contributed by atoms with van der Waals surface area (Å²) < 4.78 is 14.0. The molecule has 1 saturated carbocycles. The van der Waals surface area contributed by atoms with Crippen molar-refractivity contribution in [1.29, 1.82) is 0 Å². The van der Waals surface area contributed by atoms with Gasteiger partial charge in [0.15, 0.2) is 0 Å². The Kier molecular flexibility index (Phi) is 5.85. The van der Waals surface area contributed by atoms with Crippen molar-refractivity contribution in [1.82, 2.24) is 15.3 Å². The highest BCUT2D eigenvalue weighted by Gasteiger charge is 2.42. The Hall–Kier alpha value is -2.41. The number of benzene rings is 1. The Morgan fingerprint density at radius 2 is 2.14 bits per heavy atom. The van der Waals surface area contributed by atoms with E-state index in [4.69, 9.17) is 11.6 Å². The van der Waals surface area contributed by atoms with Crippen LogP contribution in [-0.2, 0) is 11.3 Å². The van der Waals surface area contributed by atoms with Crippen molar-refractivity contribution in [3.8, 4) is 0 Å². The van der Waals surface area contributed by atoms with E-state index in [1.807, 2.05) is 0 Å². The van der Waals surface area contributed by atoms with Gasteiger partial charge >= 0.3 is 0 Å². The van der Waals surface area contributed by atoms with Crippen LogP contribution in [0.15, 0.2) is 35.4 Å². The van der Waals surface area contributed by atoms with Crippen molar-refractivity contribution >= 4 is 23.3 Å². The van der Waals surface area contributed by atoms with Gasteiger partial charge in [-0.05, 0) is 49.7 Å². The molecule has 2 aliphatic rings. The molecule has 0 spiro atoms. The summed E-state index contributed by atoms with van der Waals surface area (Å²) in [7, 11) is 0. The van der Waals surface area contributed by atoms with Gasteiger partial charge in [0.25, 0.3) is 5.56 Å². The van der Waals surface area contributed by atoms with Crippen molar-refractivity contribution in [2.24, 2.45) is 17.8 Å². The van der Waals surface area contributed by atoms with Gasteiger partial charge in [-0.2, -0.15) is 0 Å². The van der Waals surface area contributed by atoms with Crippen LogP contribution in [0.25, 0.3) is 0 Å². The first-order chi connectivity index (χ1) is 14.0. The van der Waals surface area contributed by atoms with E-state index in [9.17, 15) is 14.0 Å². The molecule has 0 radical (unpaired) electrons. The van der Waals surface area contributed by atoms with Crippen molar-refractivity contribution in [3.63, 3.8) is 0 Å². The van der Waals surface area contributed by atoms with Crippen LogP contribution >= 0.6 is 11.6 Å². The summed E-state index contributed by atoms with van der Waals surface area (Å²) in [5.74, 6) is 0.680. The van der Waals surface area contributed by atoms with E-state index in [1.165, 1.54) is 18.5 Å². The maximum absolute atomic E-state index is 14.0. The average Bonchev–Trinajstić information content (AvgIpc) is 3.53. The second-order valence-electron chi connectivity index (χ2n) is 7.93. The highest BCUT2D eigenvalue weighted by atomic mass is 35.5. The number of H-pyrrole nitrogens is 1. The van der Waals surface area contributed by atoms with Crippen LogP contribution in [0.3, 0.4) is 0 Å². The molecular weight excluding hydrogens is 395 g/mol. The molecule has 1 saturated heterocycles. The fraction of sp³-hybridized carbons (Fsp3) is 0.476. The maximum atomic E-state index is 14.0. The molecule has 2 heterocycles. The van der Waals surface area contributed by atoms with E-state index in [0.29, 0.717) is 28.9 Å². The maximum Gasteiger partial charge on any atom is 0.252 e. The van der Waals surface area contributed by atoms with Crippen molar-refractivity contribution < 1.29 is 9.18 Å². The second kappa shape index (κ2) is 8.53. The Labute approximate surface area is 173 Å². The third-order valence-electron chi connectivity index (χ3n) is 5.85. The van der Waals surface area contributed by atoms with E-state index >= 15 is 0 Å². The number of piperidine rings is 1. The van der Waals surface area contributed by atoms with Crippen molar-refractivity contribution in [2.75, 3.05) is 18.0 Å². The molecule has 1 amide bonds. The summed E-state index contributed by atoms with van der Waals surface area (Å²) >= 11 is 5.80. The number of aromatic amines is 1. The first-order valence-electron chi connectivity index (χ1n) is 10.0. The predicted molar refractivity (Wildman–Crippen MR) is 109 cm³/mol. The van der Waals surface area contributed by atoms with Gasteiger partial charge in [-0.1, -0.05) is 17.7 Å². The quantitative estimate of drug-likeness (QED) is 0.755. The van der Waals surface area contributed by atoms with Gasteiger partial charge in [0, 0.05) is 42.2 Å². The minimum Gasteiger partial charge on any atom is -0.356 e. The van der Waals surface area contributed by atoms with Crippen LogP contribution in [0, 0.1) is 23.6 Å². The number of halogens is 2. The number of carbonyl (C=O) groups excluding carboxylic acids is 1. The molecule has 0 bridgehead atoms. The molecule has 29 heavy (non-hydrogen) atoms. The number of rotatable bonds is 6. The Bertz CT molecular complexity index is 946. The number of anilines is 1. The highest BCUT2D eigenvalue weighted by Crippen LogP contribution is 2.43. The molecule has 8 heteroatoms. The van der Waals surface area contributed by atoms with Crippen LogP contribution in [0.2, 0.25) is 5.02 Å². The van der Waals surface area contributed by atoms with Gasteiger partial charge in [-0.3, -0.25) is 9.59 Å². The largest absolute Gasteiger partial charge is 0.356 e. The molecule has 1 unspecified atom stereocenters. The number of nitrogens with one attached hydrogen (secondary N) is 2. The van der Waals surface area contributed by atoms with E-state index in [-0.39, 0.29) is 29.8 Å². The monoisotopic (exact) mass is 418 g/mol. The SMILES string of the molecule is O=C(NCc1ccc(Cl)cc1F)C(C1CC1)[C@@H]1CCCN(c2cc(=O)[nH]cn2)C1. The molecule has 1 aliphatic carbocycles. The molecule has 154 valence electrons. The summed E-state index contributed by atoms with van der Waals surface area (Å²) in [5, 5.41) is 3.27. The van der Waals surface area contributed by atoms with Crippen LogP contribution in [0.5, 0.6) is 0 Å². The third-order valence-corrected chi connectivity index (χ3v) is 6.09. The number of hydrogen-bond acceptors (Lipinski definition) is 4. The van der Waals surface area contributed by atoms with Crippen LogP contribution in [-0.4, -0.2) is 29.0 Å². The number of aromatic nitrogens is 2. The van der Waals surface area contributed by atoms with Crippen molar-refractivity contribution in [3.05, 3.63) is 57.3 Å². The Morgan fingerprint density at radius 1 is 1.31 bits per heavy atom. The molecule has 2 atom stereocenters. The zero-order valence-corrected chi connectivity index (χ0v) is 16.8. The summed E-state index contributed by atoms with van der Waals surface area (Å²) in [5.41, 5.74) is 0.244. The van der Waals surface area contributed by atoms with Crippen LogP contribution < -0.4 is 15.8 Å². The van der Waals surface area contributed by atoms with E-state index in [1.54, 1.807) is 12.1 Å². The summed E-state index contributed by atoms with van der Waals surface area (Å²) in [6, 6.07) is 5.98. The summed E-state index contributed by atoms with van der Waals surface area (Å²) in [6.07, 6.45) is 5.42. The van der Waals surface area contributed by atoms with E-state index < -0.39 is 5.82 Å². The molecule has 1 aromatic carbocycles. The van der Waals surface area contributed by atoms with Crippen LogP contribution in [0.4, 0.5) is 10.2 Å². The fourth-order valence-corrected chi connectivity index (χ4v) is 4.43. The number of carbonyl (C=O) groups is 1. The van der Waals surface area contributed by atoms with E-state index in [2.05, 4.69) is 20.2 Å². The lowest BCUT2D eigenvalue weighted by Gasteiger charge is -2.37. The lowest BCUT2D eigenvalue weighted by Crippen LogP contribution is -2.44. The highest BCUT2D eigenvalue weighted by molar-refractivity contribution is 6.30. The topological polar surface area (TPSA) is 78.1 Å². The van der Waals surface area contributed by atoms with Gasteiger partial charge in [0.05, 0.1) is 6.33 Å². The standard InChI is InChI=1S/C21H24ClFN4O2/c22-16-6-5-14(17(23)8-16)10-24-21(29)20(13-3-4-13)15-2-1-7-27(11-15)18-9-19(28)26-12-25-18/h5-6,8-9,12-13,15,20H,1-4,7,10-11H2,(H,24,29)(H,25,26,28)/t15-,20?/m1/s1. The molecule has 2 N–H and O–H groups in total. The number of amides is 1. The first kappa shape index (κ1) is 19.9. The normalized spacial score (nSPS) is 20.3. The summed E-state index contributed by atoms with van der Waals surface area (Å²) in [4.78, 5) is 33.5. The van der Waals surface area contributed by atoms with Gasteiger partial charge < -0.3 is 15.2 Å². The molecular formula is C21H24ClFN4O2. The molecule has 4 rings (SSSR count). The fourth-order valence-electron chi connectivity index (χ4n) is 4.28. The molecule has 2 aromatic rings. The van der Waals surface area contributed by atoms with Gasteiger partial charge in [-0.25, -0.2) is 9.37 Å². The predicted octanol–water partition coefficient (Wildman–Crippen LogP) is 3.12. The third kappa shape index (κ3) is 4.78. The molecule has 1 aliphatic heterocycles. The zero-order valence-electron chi connectivity index (χ0n) is 16.0. The first-order valence-corrected chi connectivity index (χ1v) is 10.4. The smallest absolute Gasteiger partial charge is 0.252 e. The molecule has 2 fully saturated rings. The van der Waals surface area contributed by atoms with E-state index in [0.717, 1.165) is 32.2 Å². The summed E-state index contributed by atoms with van der Waals surface area (Å²) in [6.45, 7) is 1.67. The Balaban J connectivity index is 1.44. The second-order valence-corrected chi connectivity index (χ2v) is 8.37. The minimum absolute atomic E-state index is 0.0208. The van der Waals surface area contributed by atoms with Crippen molar-refractivity contribution in [2.45, 2.75) is 32.2 Å². The zero-order chi connectivity index (χ0) is 20.4. The van der Waals surface area contributed by atoms with Gasteiger partial charge in [0.2, 0.25) is 5.91 Å². The number of nitrogens with zero attached hydrogens (tertiary/aromatic N) is 2. The lowest BCUT2D eigenvalue weighted by atomic mass is 9.81. The lowest BCUT2D eigenvalue weighted by molar-refractivity contribution is -0.127. The van der Waals surface area contributed by atoms with Crippen LogP contribution in [0.1, 0.15) is 31.2 Å². The molecule has 6 nitrogen and oxygen atoms in total. The Morgan fingerprint density at radius 3 is 2.86 bits per heavy atom. The molecule has 1 aromatic heterocycles. The number of hydrogen-bond donors (Lipinski definition) is 2. The van der Waals surface area contributed by atoms with Gasteiger partial charge in [-0.15, -0.1) is 0 Å². The minimum atomic E-state index is -0.412. The average molecular weight is 419 g/mol.